The molecule has 0 atom stereocenters. The molecule has 0 saturated heterocycles. The Balaban J connectivity index is 1.38. The van der Waals surface area contributed by atoms with Crippen LogP contribution in [0.25, 0.3) is 17.0 Å². The SMILES string of the molecule is Fc1ccc(COc2ccc(-c3nc4ncccn4c3NC3CCCCC3)cc2)cc1. The molecule has 2 aromatic carbocycles. The van der Waals surface area contributed by atoms with Gasteiger partial charge in [0.2, 0.25) is 5.78 Å². The van der Waals surface area contributed by atoms with Gasteiger partial charge >= 0.3 is 0 Å². The quantitative estimate of drug-likeness (QED) is 0.428. The second-order valence-electron chi connectivity index (χ2n) is 8.02. The van der Waals surface area contributed by atoms with Gasteiger partial charge in [-0.15, -0.1) is 0 Å². The maximum atomic E-state index is 13.1. The van der Waals surface area contributed by atoms with Crippen molar-refractivity contribution in [3.05, 3.63) is 78.4 Å². The number of halogens is 1. The molecule has 0 spiro atoms. The Morgan fingerprint density at radius 1 is 1.00 bits per heavy atom. The van der Waals surface area contributed by atoms with Crippen molar-refractivity contribution < 1.29 is 9.13 Å². The Hall–Kier alpha value is -3.41. The van der Waals surface area contributed by atoms with E-state index in [1.807, 2.05) is 40.9 Å². The standard InChI is InChI=1S/C25H25FN4O/c26-20-11-7-18(8-12-20)17-31-22-13-9-19(10-14-22)23-24(28-21-5-2-1-3-6-21)30-16-4-15-27-25(30)29-23/h4,7-16,21,28H,1-3,5-6,17H2. The van der Waals surface area contributed by atoms with Gasteiger partial charge in [0.05, 0.1) is 0 Å². The molecule has 1 aliphatic carbocycles. The van der Waals surface area contributed by atoms with Crippen LogP contribution in [0.5, 0.6) is 5.75 Å². The van der Waals surface area contributed by atoms with Crippen molar-refractivity contribution in [1.82, 2.24) is 14.4 Å². The summed E-state index contributed by atoms with van der Waals surface area (Å²) in [5.74, 6) is 2.20. The third kappa shape index (κ3) is 4.38. The van der Waals surface area contributed by atoms with Gasteiger partial charge < -0.3 is 10.1 Å². The van der Waals surface area contributed by atoms with Crippen LogP contribution in [0.2, 0.25) is 0 Å². The van der Waals surface area contributed by atoms with Crippen LogP contribution in [-0.4, -0.2) is 20.4 Å². The first-order valence-corrected chi connectivity index (χ1v) is 10.8. The number of nitrogens with one attached hydrogen (secondary N) is 1. The fourth-order valence-corrected chi connectivity index (χ4v) is 4.12. The molecule has 6 heteroatoms. The highest BCUT2D eigenvalue weighted by molar-refractivity contribution is 5.76. The van der Waals surface area contributed by atoms with Crippen LogP contribution in [0, 0.1) is 5.82 Å². The molecule has 1 saturated carbocycles. The number of aromatic nitrogens is 3. The van der Waals surface area contributed by atoms with Gasteiger partial charge in [-0.05, 0) is 60.9 Å². The molecule has 0 amide bonds. The molecule has 1 N–H and O–H groups in total. The number of fused-ring (bicyclic) bond motifs is 1. The van der Waals surface area contributed by atoms with Crippen LogP contribution in [0.1, 0.15) is 37.7 Å². The minimum absolute atomic E-state index is 0.243. The average molecular weight is 417 g/mol. The highest BCUT2D eigenvalue weighted by atomic mass is 19.1. The summed E-state index contributed by atoms with van der Waals surface area (Å²) in [7, 11) is 0. The van der Waals surface area contributed by atoms with Gasteiger partial charge in [0.15, 0.2) is 0 Å². The number of nitrogens with zero attached hydrogens (tertiary/aromatic N) is 3. The van der Waals surface area contributed by atoms with E-state index in [9.17, 15) is 4.39 Å². The van der Waals surface area contributed by atoms with Crippen LogP contribution in [-0.2, 0) is 6.61 Å². The van der Waals surface area contributed by atoms with Gasteiger partial charge in [0, 0.05) is 24.0 Å². The summed E-state index contributed by atoms with van der Waals surface area (Å²) in [6, 6.07) is 16.7. The summed E-state index contributed by atoms with van der Waals surface area (Å²) < 4.78 is 20.9. The maximum absolute atomic E-state index is 13.1. The summed E-state index contributed by atoms with van der Waals surface area (Å²) in [6.45, 7) is 0.395. The van der Waals surface area contributed by atoms with E-state index in [1.165, 1.54) is 44.2 Å². The number of hydrogen-bond donors (Lipinski definition) is 1. The molecule has 0 bridgehead atoms. The lowest BCUT2D eigenvalue weighted by Crippen LogP contribution is -2.23. The van der Waals surface area contributed by atoms with Crippen molar-refractivity contribution in [3.8, 4) is 17.0 Å². The summed E-state index contributed by atoms with van der Waals surface area (Å²) in [6.07, 6.45) is 9.99. The topological polar surface area (TPSA) is 51.5 Å². The van der Waals surface area contributed by atoms with Crippen molar-refractivity contribution in [3.63, 3.8) is 0 Å². The first-order valence-electron chi connectivity index (χ1n) is 10.8. The fourth-order valence-electron chi connectivity index (χ4n) is 4.12. The predicted molar refractivity (Wildman–Crippen MR) is 120 cm³/mol. The Bertz CT molecular complexity index is 1150. The van der Waals surface area contributed by atoms with E-state index >= 15 is 0 Å². The average Bonchev–Trinajstić information content (AvgIpc) is 3.18. The molecule has 5 nitrogen and oxygen atoms in total. The van der Waals surface area contributed by atoms with Gasteiger partial charge in [0.1, 0.15) is 29.7 Å². The minimum Gasteiger partial charge on any atom is -0.489 e. The Morgan fingerprint density at radius 3 is 2.55 bits per heavy atom. The third-order valence-corrected chi connectivity index (χ3v) is 5.80. The van der Waals surface area contributed by atoms with E-state index in [4.69, 9.17) is 9.72 Å². The molecule has 2 heterocycles. The molecule has 158 valence electrons. The molecule has 5 rings (SSSR count). The molecule has 0 radical (unpaired) electrons. The van der Waals surface area contributed by atoms with Crippen LogP contribution in [0.4, 0.5) is 10.2 Å². The van der Waals surface area contributed by atoms with Crippen molar-refractivity contribution in [2.45, 2.75) is 44.8 Å². The number of rotatable bonds is 6. The molecule has 0 aliphatic heterocycles. The zero-order valence-corrected chi connectivity index (χ0v) is 17.3. The van der Waals surface area contributed by atoms with Gasteiger partial charge in [-0.1, -0.05) is 31.4 Å². The number of ether oxygens (including phenoxy) is 1. The van der Waals surface area contributed by atoms with Crippen LogP contribution < -0.4 is 10.1 Å². The zero-order chi connectivity index (χ0) is 21.0. The number of anilines is 1. The molecule has 0 unspecified atom stereocenters. The van der Waals surface area contributed by atoms with E-state index in [-0.39, 0.29) is 5.82 Å². The van der Waals surface area contributed by atoms with E-state index in [0.29, 0.717) is 18.4 Å². The van der Waals surface area contributed by atoms with Crippen LogP contribution >= 0.6 is 0 Å². The number of hydrogen-bond acceptors (Lipinski definition) is 4. The number of imidazole rings is 1. The van der Waals surface area contributed by atoms with Crippen LogP contribution in [0.15, 0.2) is 67.0 Å². The summed E-state index contributed by atoms with van der Waals surface area (Å²) in [5.41, 5.74) is 2.84. The third-order valence-electron chi connectivity index (χ3n) is 5.80. The van der Waals surface area contributed by atoms with Gasteiger partial charge in [-0.2, -0.15) is 0 Å². The highest BCUT2D eigenvalue weighted by Crippen LogP contribution is 2.32. The lowest BCUT2D eigenvalue weighted by molar-refractivity contribution is 0.306. The predicted octanol–water partition coefficient (Wildman–Crippen LogP) is 5.86. The zero-order valence-electron chi connectivity index (χ0n) is 17.3. The Morgan fingerprint density at radius 2 is 1.77 bits per heavy atom. The summed E-state index contributed by atoms with van der Waals surface area (Å²) in [4.78, 5) is 9.22. The van der Waals surface area contributed by atoms with E-state index in [1.54, 1.807) is 18.3 Å². The summed E-state index contributed by atoms with van der Waals surface area (Å²) >= 11 is 0. The summed E-state index contributed by atoms with van der Waals surface area (Å²) in [5, 5.41) is 3.74. The Kier molecular flexibility index (Phi) is 5.52. The van der Waals surface area contributed by atoms with Crippen molar-refractivity contribution >= 4 is 11.6 Å². The first-order chi connectivity index (χ1) is 15.3. The minimum atomic E-state index is -0.243. The molecule has 2 aromatic heterocycles. The Labute approximate surface area is 180 Å². The molecule has 31 heavy (non-hydrogen) atoms. The molecule has 4 aromatic rings. The highest BCUT2D eigenvalue weighted by Gasteiger charge is 2.20. The van der Waals surface area contributed by atoms with Crippen molar-refractivity contribution in [1.29, 1.82) is 0 Å². The number of benzene rings is 2. The maximum Gasteiger partial charge on any atom is 0.235 e. The smallest absolute Gasteiger partial charge is 0.235 e. The van der Waals surface area contributed by atoms with Gasteiger partial charge in [0.25, 0.3) is 0 Å². The molecular formula is C25H25FN4O. The lowest BCUT2D eigenvalue weighted by Gasteiger charge is -2.24. The van der Waals surface area contributed by atoms with Gasteiger partial charge in [-0.3, -0.25) is 4.40 Å². The second-order valence-corrected chi connectivity index (χ2v) is 8.02. The normalized spacial score (nSPS) is 14.6. The first kappa shape index (κ1) is 19.5. The van der Waals surface area contributed by atoms with Gasteiger partial charge in [-0.25, -0.2) is 14.4 Å². The van der Waals surface area contributed by atoms with Crippen molar-refractivity contribution in [2.75, 3.05) is 5.32 Å². The van der Waals surface area contributed by atoms with E-state index in [2.05, 4.69) is 10.3 Å². The monoisotopic (exact) mass is 416 g/mol. The van der Waals surface area contributed by atoms with E-state index < -0.39 is 0 Å². The fraction of sp³-hybridized carbons (Fsp3) is 0.280. The largest absolute Gasteiger partial charge is 0.489 e. The van der Waals surface area contributed by atoms with Crippen molar-refractivity contribution in [2.24, 2.45) is 0 Å². The molecule has 1 fully saturated rings. The second kappa shape index (κ2) is 8.76. The lowest BCUT2D eigenvalue weighted by atomic mass is 9.95. The molecule has 1 aliphatic rings. The van der Waals surface area contributed by atoms with Crippen LogP contribution in [0.3, 0.4) is 0 Å². The molecular weight excluding hydrogens is 391 g/mol. The van der Waals surface area contributed by atoms with E-state index in [0.717, 1.165) is 28.4 Å².